The van der Waals surface area contributed by atoms with Crippen LogP contribution in [0.15, 0.2) is 48.8 Å². The second-order valence-corrected chi connectivity index (χ2v) is 6.15. The van der Waals surface area contributed by atoms with E-state index in [1.165, 1.54) is 24.0 Å². The minimum Gasteiger partial charge on any atom is -0.478 e. The van der Waals surface area contributed by atoms with Gasteiger partial charge in [-0.05, 0) is 36.8 Å². The molecule has 0 radical (unpaired) electrons. The Kier molecular flexibility index (Phi) is 4.89. The molecule has 1 aromatic heterocycles. The zero-order chi connectivity index (χ0) is 16.9. The third-order valence-electron chi connectivity index (χ3n) is 4.55. The van der Waals surface area contributed by atoms with Gasteiger partial charge in [0.05, 0.1) is 11.1 Å². The first-order valence-corrected chi connectivity index (χ1v) is 8.15. The Hall–Kier alpha value is -2.69. The average molecular weight is 324 g/mol. The number of likely N-dealkylation sites (tertiary alicyclic amines) is 1. The molecule has 0 unspecified atom stereocenters. The molecule has 0 atom stereocenters. The number of hydrogen-bond acceptors (Lipinski definition) is 3. The lowest BCUT2D eigenvalue weighted by molar-refractivity contribution is 0.0650. The molecule has 1 aliphatic heterocycles. The Labute approximate surface area is 140 Å². The molecule has 124 valence electrons. The van der Waals surface area contributed by atoms with Crippen LogP contribution in [0.4, 0.5) is 0 Å². The maximum absolute atomic E-state index is 12.6. The van der Waals surface area contributed by atoms with Crippen LogP contribution < -0.4 is 0 Å². The highest BCUT2D eigenvalue weighted by molar-refractivity contribution is 6.04. The summed E-state index contributed by atoms with van der Waals surface area (Å²) in [4.78, 5) is 29.4. The lowest BCUT2D eigenvalue weighted by Crippen LogP contribution is -2.39. The lowest BCUT2D eigenvalue weighted by atomic mass is 9.90. The van der Waals surface area contributed by atoms with Crippen molar-refractivity contribution in [3.05, 3.63) is 65.5 Å². The van der Waals surface area contributed by atoms with Crippen molar-refractivity contribution in [3.63, 3.8) is 0 Å². The van der Waals surface area contributed by atoms with Gasteiger partial charge >= 0.3 is 5.97 Å². The highest BCUT2D eigenvalue weighted by atomic mass is 16.4. The first-order chi connectivity index (χ1) is 11.6. The Morgan fingerprint density at radius 3 is 2.46 bits per heavy atom. The molecule has 1 aliphatic rings. The number of pyridine rings is 1. The van der Waals surface area contributed by atoms with Crippen LogP contribution in [0.2, 0.25) is 0 Å². The molecule has 1 saturated heterocycles. The number of amides is 1. The molecule has 5 heteroatoms. The number of rotatable bonds is 4. The third-order valence-corrected chi connectivity index (χ3v) is 4.55. The predicted molar refractivity (Wildman–Crippen MR) is 90.0 cm³/mol. The predicted octanol–water partition coefficient (Wildman–Crippen LogP) is 2.87. The van der Waals surface area contributed by atoms with E-state index >= 15 is 0 Å². The van der Waals surface area contributed by atoms with Gasteiger partial charge in [0.25, 0.3) is 5.91 Å². The van der Waals surface area contributed by atoms with Gasteiger partial charge in [-0.15, -0.1) is 0 Å². The molecular weight excluding hydrogens is 304 g/mol. The number of nitrogens with zero attached hydrogens (tertiary/aromatic N) is 2. The van der Waals surface area contributed by atoms with Crippen LogP contribution in [-0.4, -0.2) is 40.0 Å². The summed E-state index contributed by atoms with van der Waals surface area (Å²) < 4.78 is 0. The van der Waals surface area contributed by atoms with Crippen molar-refractivity contribution >= 4 is 11.9 Å². The summed E-state index contributed by atoms with van der Waals surface area (Å²) in [6, 6.07) is 11.9. The molecular formula is C19H20N2O3. The molecule has 24 heavy (non-hydrogen) atoms. The van der Waals surface area contributed by atoms with Crippen LogP contribution >= 0.6 is 0 Å². The van der Waals surface area contributed by atoms with Gasteiger partial charge < -0.3 is 10.0 Å². The van der Waals surface area contributed by atoms with E-state index in [2.05, 4.69) is 17.1 Å². The summed E-state index contributed by atoms with van der Waals surface area (Å²) in [5.41, 5.74) is 1.51. The molecule has 0 saturated carbocycles. The van der Waals surface area contributed by atoms with Gasteiger partial charge in [-0.2, -0.15) is 0 Å². The molecule has 1 aromatic carbocycles. The van der Waals surface area contributed by atoms with Crippen LogP contribution in [0, 0.1) is 5.92 Å². The van der Waals surface area contributed by atoms with Crippen molar-refractivity contribution in [2.24, 2.45) is 5.92 Å². The van der Waals surface area contributed by atoms with Gasteiger partial charge in [-0.1, -0.05) is 30.3 Å². The Balaban J connectivity index is 1.62. The highest BCUT2D eigenvalue weighted by Crippen LogP contribution is 2.23. The van der Waals surface area contributed by atoms with E-state index in [9.17, 15) is 14.7 Å². The number of carboxylic acids is 1. The molecule has 1 N–H and O–H groups in total. The Morgan fingerprint density at radius 1 is 1.08 bits per heavy atom. The topological polar surface area (TPSA) is 70.5 Å². The molecule has 0 aliphatic carbocycles. The number of aromatic carboxylic acids is 1. The molecule has 0 bridgehead atoms. The fraction of sp³-hybridized carbons (Fsp3) is 0.316. The van der Waals surface area contributed by atoms with Crippen LogP contribution in [0.1, 0.15) is 39.1 Å². The van der Waals surface area contributed by atoms with E-state index in [0.717, 1.165) is 19.3 Å². The van der Waals surface area contributed by atoms with Crippen molar-refractivity contribution in [3.8, 4) is 0 Å². The van der Waals surface area contributed by atoms with E-state index in [-0.39, 0.29) is 17.0 Å². The first-order valence-electron chi connectivity index (χ1n) is 8.15. The van der Waals surface area contributed by atoms with Crippen molar-refractivity contribution in [1.29, 1.82) is 0 Å². The van der Waals surface area contributed by atoms with Gasteiger partial charge in [-0.25, -0.2) is 4.79 Å². The van der Waals surface area contributed by atoms with E-state index in [0.29, 0.717) is 19.0 Å². The normalized spacial score (nSPS) is 15.2. The summed E-state index contributed by atoms with van der Waals surface area (Å²) >= 11 is 0. The number of benzene rings is 1. The van der Waals surface area contributed by atoms with Gasteiger partial charge in [0.2, 0.25) is 0 Å². The molecule has 5 nitrogen and oxygen atoms in total. The van der Waals surface area contributed by atoms with E-state index in [4.69, 9.17) is 0 Å². The summed E-state index contributed by atoms with van der Waals surface area (Å²) in [5.74, 6) is -0.772. The van der Waals surface area contributed by atoms with Crippen LogP contribution in [-0.2, 0) is 6.42 Å². The quantitative estimate of drug-likeness (QED) is 0.939. The number of carboxylic acid groups (broad SMARTS) is 1. The number of hydrogen-bond donors (Lipinski definition) is 1. The number of carbonyl (C=O) groups excluding carboxylic acids is 1. The summed E-state index contributed by atoms with van der Waals surface area (Å²) in [5, 5.41) is 9.21. The molecule has 3 rings (SSSR count). The number of aromatic nitrogens is 1. The number of piperidine rings is 1. The third kappa shape index (κ3) is 3.62. The van der Waals surface area contributed by atoms with Crippen molar-refractivity contribution in [2.45, 2.75) is 19.3 Å². The Bertz CT molecular complexity index is 722. The van der Waals surface area contributed by atoms with Gasteiger partial charge in [-0.3, -0.25) is 9.78 Å². The SMILES string of the molecule is O=C(O)c1cnccc1C(=O)N1CCC(Cc2ccccc2)CC1. The second kappa shape index (κ2) is 7.25. The molecule has 2 heterocycles. The smallest absolute Gasteiger partial charge is 0.338 e. The first kappa shape index (κ1) is 16.2. The van der Waals surface area contributed by atoms with Gasteiger partial charge in [0, 0.05) is 25.5 Å². The maximum atomic E-state index is 12.6. The minimum atomic E-state index is -1.12. The van der Waals surface area contributed by atoms with Crippen molar-refractivity contribution < 1.29 is 14.7 Å². The van der Waals surface area contributed by atoms with Crippen molar-refractivity contribution in [2.75, 3.05) is 13.1 Å². The Morgan fingerprint density at radius 2 is 1.79 bits per heavy atom. The van der Waals surface area contributed by atoms with Gasteiger partial charge in [0.1, 0.15) is 0 Å². The zero-order valence-corrected chi connectivity index (χ0v) is 13.4. The number of carbonyl (C=O) groups is 2. The van der Waals surface area contributed by atoms with Crippen LogP contribution in [0.5, 0.6) is 0 Å². The zero-order valence-electron chi connectivity index (χ0n) is 13.4. The summed E-state index contributed by atoms with van der Waals surface area (Å²) in [7, 11) is 0. The fourth-order valence-electron chi connectivity index (χ4n) is 3.21. The van der Waals surface area contributed by atoms with Crippen LogP contribution in [0.25, 0.3) is 0 Å². The van der Waals surface area contributed by atoms with Crippen LogP contribution in [0.3, 0.4) is 0 Å². The van der Waals surface area contributed by atoms with E-state index in [1.54, 1.807) is 4.90 Å². The summed E-state index contributed by atoms with van der Waals surface area (Å²) in [6.07, 6.45) is 5.60. The second-order valence-electron chi connectivity index (χ2n) is 6.15. The van der Waals surface area contributed by atoms with Gasteiger partial charge in [0.15, 0.2) is 0 Å². The minimum absolute atomic E-state index is 0.0334. The van der Waals surface area contributed by atoms with E-state index in [1.807, 2.05) is 18.2 Å². The molecule has 2 aromatic rings. The standard InChI is InChI=1S/C19H20N2O3/c22-18(16-6-9-20-13-17(16)19(23)24)21-10-7-15(8-11-21)12-14-4-2-1-3-5-14/h1-6,9,13,15H,7-8,10-12H2,(H,23,24). The largest absolute Gasteiger partial charge is 0.478 e. The highest BCUT2D eigenvalue weighted by Gasteiger charge is 2.26. The van der Waals surface area contributed by atoms with Crippen molar-refractivity contribution in [1.82, 2.24) is 9.88 Å². The van der Waals surface area contributed by atoms with E-state index < -0.39 is 5.97 Å². The lowest BCUT2D eigenvalue weighted by Gasteiger charge is -2.32. The average Bonchev–Trinajstić information content (AvgIpc) is 2.62. The molecule has 0 spiro atoms. The summed E-state index contributed by atoms with van der Waals surface area (Å²) in [6.45, 7) is 1.33. The molecule has 1 amide bonds. The monoisotopic (exact) mass is 324 g/mol. The maximum Gasteiger partial charge on any atom is 0.338 e. The molecule has 1 fully saturated rings. The fourth-order valence-corrected chi connectivity index (χ4v) is 3.21.